The van der Waals surface area contributed by atoms with Gasteiger partial charge >= 0.3 is 0 Å². The Labute approximate surface area is 154 Å². The summed E-state index contributed by atoms with van der Waals surface area (Å²) in [4.78, 5) is 8.63. The van der Waals surface area contributed by atoms with Gasteiger partial charge in [-0.15, -0.1) is 0 Å². The predicted octanol–water partition coefficient (Wildman–Crippen LogP) is 3.46. The first-order valence-corrected chi connectivity index (χ1v) is 8.55. The summed E-state index contributed by atoms with van der Waals surface area (Å²) in [5.74, 6) is 1.46. The number of fused-ring (bicyclic) bond motifs is 1. The second-order valence-corrected chi connectivity index (χ2v) is 5.99. The molecular weight excluding hydrogens is 349 g/mol. The topological polar surface area (TPSA) is 92.0 Å². The molecular formula is C19H18FN5O2. The summed E-state index contributed by atoms with van der Waals surface area (Å²) in [6.07, 6.45) is 3.66. The molecule has 0 atom stereocenters. The molecule has 7 nitrogen and oxygen atoms in total. The molecule has 3 heterocycles. The second-order valence-electron chi connectivity index (χ2n) is 5.99. The van der Waals surface area contributed by atoms with Crippen molar-refractivity contribution in [3.8, 4) is 17.2 Å². The molecule has 27 heavy (non-hydrogen) atoms. The maximum absolute atomic E-state index is 12.2. The zero-order chi connectivity index (χ0) is 18.6. The normalized spacial score (nSPS) is 11.1. The molecule has 4 aromatic rings. The van der Waals surface area contributed by atoms with E-state index < -0.39 is 6.67 Å². The minimum Gasteiger partial charge on any atom is -0.493 e. The Morgan fingerprint density at radius 2 is 2.11 bits per heavy atom. The van der Waals surface area contributed by atoms with Gasteiger partial charge in [0.25, 0.3) is 0 Å². The van der Waals surface area contributed by atoms with Crippen molar-refractivity contribution in [1.82, 2.24) is 19.7 Å². The Morgan fingerprint density at radius 3 is 2.93 bits per heavy atom. The van der Waals surface area contributed by atoms with Crippen LogP contribution in [0.1, 0.15) is 12.0 Å². The molecule has 0 aliphatic carbocycles. The molecule has 0 aliphatic heterocycles. The van der Waals surface area contributed by atoms with Crippen LogP contribution >= 0.6 is 0 Å². The summed E-state index contributed by atoms with van der Waals surface area (Å²) in [5.41, 5.74) is 8.10. The summed E-state index contributed by atoms with van der Waals surface area (Å²) >= 11 is 0. The summed E-state index contributed by atoms with van der Waals surface area (Å²) in [6, 6.07) is 11.2. The van der Waals surface area contributed by atoms with E-state index in [4.69, 9.17) is 14.9 Å². The molecule has 8 heteroatoms. The monoisotopic (exact) mass is 367 g/mol. The Bertz CT molecular complexity index is 1050. The fourth-order valence-corrected chi connectivity index (χ4v) is 2.84. The van der Waals surface area contributed by atoms with Crippen molar-refractivity contribution in [2.75, 3.05) is 19.0 Å². The van der Waals surface area contributed by atoms with Gasteiger partial charge in [-0.1, -0.05) is 12.1 Å². The summed E-state index contributed by atoms with van der Waals surface area (Å²) in [6.45, 7) is 0.441. The number of anilines is 1. The molecule has 2 N–H and O–H groups in total. The second kappa shape index (κ2) is 7.45. The molecule has 4 rings (SSSR count). The zero-order valence-electron chi connectivity index (χ0n) is 14.5. The van der Waals surface area contributed by atoms with Gasteiger partial charge in [0.05, 0.1) is 37.7 Å². The summed E-state index contributed by atoms with van der Waals surface area (Å²) in [7, 11) is 0. The van der Waals surface area contributed by atoms with Gasteiger partial charge in [0, 0.05) is 6.42 Å². The Kier molecular flexibility index (Phi) is 4.69. The molecule has 0 bridgehead atoms. The van der Waals surface area contributed by atoms with Crippen molar-refractivity contribution in [2.24, 2.45) is 0 Å². The Hall–Kier alpha value is -3.42. The molecule has 3 aromatic heterocycles. The fraction of sp³-hybridized carbons (Fsp3) is 0.211. The summed E-state index contributed by atoms with van der Waals surface area (Å²) < 4.78 is 25.0. The molecule has 0 aliphatic rings. The molecule has 0 radical (unpaired) electrons. The highest BCUT2D eigenvalue weighted by atomic mass is 19.1. The molecule has 1 aromatic carbocycles. The standard InChI is InChI=1S/C19H18FN5O2/c20-7-3-9-26-14-5-1-4-13(10-14)12-25-18-15(11-22-25)17(23-19(21)24-18)16-6-2-8-27-16/h1-2,4-6,8,10-11H,3,7,9,12H2,(H2,21,23,24). The number of furan rings is 1. The van der Waals surface area contributed by atoms with Crippen LogP contribution < -0.4 is 10.5 Å². The lowest BCUT2D eigenvalue weighted by Gasteiger charge is -2.08. The van der Waals surface area contributed by atoms with E-state index >= 15 is 0 Å². The number of hydrogen-bond acceptors (Lipinski definition) is 6. The first-order chi connectivity index (χ1) is 13.2. The van der Waals surface area contributed by atoms with E-state index in [1.165, 1.54) is 0 Å². The van der Waals surface area contributed by atoms with Gasteiger partial charge in [-0.3, -0.25) is 4.39 Å². The van der Waals surface area contributed by atoms with Gasteiger partial charge in [0.1, 0.15) is 11.4 Å². The van der Waals surface area contributed by atoms with Crippen molar-refractivity contribution in [3.63, 3.8) is 0 Å². The molecule has 0 amide bonds. The number of ether oxygens (including phenoxy) is 1. The minimum atomic E-state index is -0.391. The number of rotatable bonds is 7. The van der Waals surface area contributed by atoms with E-state index in [1.807, 2.05) is 30.3 Å². The van der Waals surface area contributed by atoms with Crippen LogP contribution in [0.25, 0.3) is 22.5 Å². The van der Waals surface area contributed by atoms with Crippen LogP contribution in [0.15, 0.2) is 53.3 Å². The van der Waals surface area contributed by atoms with Crippen LogP contribution in [-0.4, -0.2) is 33.0 Å². The van der Waals surface area contributed by atoms with E-state index in [0.717, 1.165) is 10.9 Å². The van der Waals surface area contributed by atoms with Crippen LogP contribution in [-0.2, 0) is 6.54 Å². The molecule has 0 spiro atoms. The molecule has 0 fully saturated rings. The average Bonchev–Trinajstić information content (AvgIpc) is 3.33. The van der Waals surface area contributed by atoms with E-state index in [-0.39, 0.29) is 5.95 Å². The van der Waals surface area contributed by atoms with Gasteiger partial charge in [-0.2, -0.15) is 10.1 Å². The van der Waals surface area contributed by atoms with Crippen LogP contribution in [0.4, 0.5) is 10.3 Å². The molecule has 0 saturated carbocycles. The minimum absolute atomic E-state index is 0.152. The quantitative estimate of drug-likeness (QED) is 0.503. The van der Waals surface area contributed by atoms with Gasteiger partial charge in [0.15, 0.2) is 11.4 Å². The zero-order valence-corrected chi connectivity index (χ0v) is 14.5. The van der Waals surface area contributed by atoms with Crippen molar-refractivity contribution < 1.29 is 13.5 Å². The third kappa shape index (κ3) is 3.59. The van der Waals surface area contributed by atoms with Crippen molar-refractivity contribution in [1.29, 1.82) is 0 Å². The Morgan fingerprint density at radius 1 is 1.19 bits per heavy atom. The number of nitrogens with two attached hydrogens (primary N) is 1. The van der Waals surface area contributed by atoms with Gasteiger partial charge in [-0.05, 0) is 29.8 Å². The number of hydrogen-bond donors (Lipinski definition) is 1. The van der Waals surface area contributed by atoms with Gasteiger partial charge < -0.3 is 14.9 Å². The maximum Gasteiger partial charge on any atom is 0.222 e. The molecule has 0 unspecified atom stereocenters. The molecule has 0 saturated heterocycles. The number of nitrogens with zero attached hydrogens (tertiary/aromatic N) is 4. The largest absolute Gasteiger partial charge is 0.493 e. The van der Waals surface area contributed by atoms with E-state index in [0.29, 0.717) is 42.4 Å². The third-order valence-electron chi connectivity index (χ3n) is 4.05. The first kappa shape index (κ1) is 17.0. The van der Waals surface area contributed by atoms with E-state index in [9.17, 15) is 4.39 Å². The molecule has 138 valence electrons. The smallest absolute Gasteiger partial charge is 0.222 e. The number of nitrogen functional groups attached to an aromatic ring is 1. The van der Waals surface area contributed by atoms with Crippen LogP contribution in [0, 0.1) is 0 Å². The lowest BCUT2D eigenvalue weighted by atomic mass is 10.2. The van der Waals surface area contributed by atoms with Gasteiger partial charge in [-0.25, -0.2) is 9.67 Å². The number of alkyl halides is 1. The lowest BCUT2D eigenvalue weighted by molar-refractivity contribution is 0.289. The van der Waals surface area contributed by atoms with Crippen molar-refractivity contribution in [2.45, 2.75) is 13.0 Å². The Balaban J connectivity index is 1.64. The maximum atomic E-state index is 12.2. The highest BCUT2D eigenvalue weighted by Crippen LogP contribution is 2.27. The number of halogens is 1. The van der Waals surface area contributed by atoms with Gasteiger partial charge in [0.2, 0.25) is 5.95 Å². The third-order valence-corrected chi connectivity index (χ3v) is 4.05. The predicted molar refractivity (Wildman–Crippen MR) is 99.1 cm³/mol. The first-order valence-electron chi connectivity index (χ1n) is 8.55. The average molecular weight is 367 g/mol. The fourth-order valence-electron chi connectivity index (χ4n) is 2.84. The van der Waals surface area contributed by atoms with Crippen molar-refractivity contribution >= 4 is 17.0 Å². The SMILES string of the molecule is Nc1nc(-c2ccco2)c2cnn(Cc3cccc(OCCCF)c3)c2n1. The van der Waals surface area contributed by atoms with Crippen LogP contribution in [0.3, 0.4) is 0 Å². The highest BCUT2D eigenvalue weighted by molar-refractivity contribution is 5.89. The van der Waals surface area contributed by atoms with Crippen LogP contribution in [0.2, 0.25) is 0 Å². The van der Waals surface area contributed by atoms with E-state index in [1.54, 1.807) is 23.2 Å². The van der Waals surface area contributed by atoms with Crippen LogP contribution in [0.5, 0.6) is 5.75 Å². The van der Waals surface area contributed by atoms with Crippen molar-refractivity contribution in [3.05, 3.63) is 54.4 Å². The summed E-state index contributed by atoms with van der Waals surface area (Å²) in [5, 5.41) is 5.19. The highest BCUT2D eigenvalue weighted by Gasteiger charge is 2.15. The number of benzene rings is 1. The van der Waals surface area contributed by atoms with E-state index in [2.05, 4.69) is 15.1 Å². The lowest BCUT2D eigenvalue weighted by Crippen LogP contribution is -2.05. The number of aromatic nitrogens is 4.